The van der Waals surface area contributed by atoms with Crippen molar-refractivity contribution >= 4 is 11.4 Å². The number of benzene rings is 1. The van der Waals surface area contributed by atoms with E-state index in [4.69, 9.17) is 5.73 Å². The first-order valence-electron chi connectivity index (χ1n) is 4.22. The highest BCUT2D eigenvalue weighted by Crippen LogP contribution is 2.26. The molecule has 1 aromatic heterocycles. The molecule has 1 heterocycles. The van der Waals surface area contributed by atoms with Gasteiger partial charge in [0.2, 0.25) is 0 Å². The number of aromatic nitrogens is 2. The lowest BCUT2D eigenvalue weighted by Crippen LogP contribution is -1.95. The SMILES string of the molecule is Nc1cc(-c2ccn[nH]2)ccc1[N+](=O)[O-]. The first-order valence-corrected chi connectivity index (χ1v) is 4.22. The minimum atomic E-state index is -0.508. The Morgan fingerprint density at radius 1 is 1.40 bits per heavy atom. The summed E-state index contributed by atoms with van der Waals surface area (Å²) in [7, 11) is 0. The van der Waals surface area contributed by atoms with E-state index in [1.807, 2.05) is 0 Å². The van der Waals surface area contributed by atoms with E-state index in [0.717, 1.165) is 11.3 Å². The van der Waals surface area contributed by atoms with Gasteiger partial charge in [-0.2, -0.15) is 5.10 Å². The molecule has 0 saturated carbocycles. The molecular formula is C9H8N4O2. The number of rotatable bonds is 2. The molecule has 0 saturated heterocycles. The van der Waals surface area contributed by atoms with Crippen LogP contribution in [0.4, 0.5) is 11.4 Å². The summed E-state index contributed by atoms with van der Waals surface area (Å²) >= 11 is 0. The van der Waals surface area contributed by atoms with Gasteiger partial charge >= 0.3 is 0 Å². The predicted molar refractivity (Wildman–Crippen MR) is 55.1 cm³/mol. The Morgan fingerprint density at radius 3 is 2.73 bits per heavy atom. The largest absolute Gasteiger partial charge is 0.393 e. The summed E-state index contributed by atoms with van der Waals surface area (Å²) in [5.41, 5.74) is 7.16. The quantitative estimate of drug-likeness (QED) is 0.440. The third-order valence-electron chi connectivity index (χ3n) is 2.04. The Morgan fingerprint density at radius 2 is 2.20 bits per heavy atom. The maximum atomic E-state index is 10.5. The minimum Gasteiger partial charge on any atom is -0.393 e. The third-order valence-corrected chi connectivity index (χ3v) is 2.04. The Labute approximate surface area is 84.9 Å². The molecule has 1 aromatic carbocycles. The van der Waals surface area contributed by atoms with Gasteiger partial charge in [0.05, 0.1) is 10.6 Å². The maximum Gasteiger partial charge on any atom is 0.292 e. The van der Waals surface area contributed by atoms with Gasteiger partial charge in [0.25, 0.3) is 5.69 Å². The Balaban J connectivity index is 2.47. The Bertz CT molecular complexity index is 493. The summed E-state index contributed by atoms with van der Waals surface area (Å²) in [6.45, 7) is 0. The summed E-state index contributed by atoms with van der Waals surface area (Å²) < 4.78 is 0. The number of H-pyrrole nitrogens is 1. The van der Waals surface area contributed by atoms with E-state index in [1.165, 1.54) is 6.07 Å². The molecule has 0 unspecified atom stereocenters. The van der Waals surface area contributed by atoms with Crippen molar-refractivity contribution in [3.05, 3.63) is 40.6 Å². The van der Waals surface area contributed by atoms with Gasteiger partial charge in [-0.3, -0.25) is 15.2 Å². The van der Waals surface area contributed by atoms with Gasteiger partial charge in [-0.25, -0.2) is 0 Å². The van der Waals surface area contributed by atoms with E-state index in [1.54, 1.807) is 24.4 Å². The minimum absolute atomic E-state index is 0.0849. The van der Waals surface area contributed by atoms with E-state index in [0.29, 0.717) is 0 Å². The highest BCUT2D eigenvalue weighted by atomic mass is 16.6. The number of aromatic amines is 1. The normalized spacial score (nSPS) is 10.1. The number of nitrogens with two attached hydrogens (primary N) is 1. The van der Waals surface area contributed by atoms with Crippen LogP contribution in [-0.2, 0) is 0 Å². The summed E-state index contributed by atoms with van der Waals surface area (Å²) in [6, 6.07) is 6.32. The maximum absolute atomic E-state index is 10.5. The molecule has 15 heavy (non-hydrogen) atoms. The van der Waals surface area contributed by atoms with Gasteiger partial charge in [0.15, 0.2) is 0 Å². The zero-order valence-electron chi connectivity index (χ0n) is 7.68. The van der Waals surface area contributed by atoms with Gasteiger partial charge < -0.3 is 5.73 Å². The second-order valence-electron chi connectivity index (χ2n) is 3.00. The van der Waals surface area contributed by atoms with Crippen LogP contribution in [0.5, 0.6) is 0 Å². The lowest BCUT2D eigenvalue weighted by atomic mass is 10.1. The first kappa shape index (κ1) is 9.20. The van der Waals surface area contributed by atoms with Gasteiger partial charge in [-0.05, 0) is 18.2 Å². The predicted octanol–water partition coefficient (Wildman–Crippen LogP) is 1.57. The molecule has 0 atom stereocenters. The Kier molecular flexibility index (Phi) is 2.09. The molecule has 2 aromatic rings. The molecule has 3 N–H and O–H groups in total. The van der Waals surface area contributed by atoms with Crippen LogP contribution in [0.3, 0.4) is 0 Å². The monoisotopic (exact) mass is 204 g/mol. The zero-order valence-corrected chi connectivity index (χ0v) is 7.68. The number of nitrogen functional groups attached to an aromatic ring is 1. The fourth-order valence-corrected chi connectivity index (χ4v) is 1.30. The average Bonchev–Trinajstić information content (AvgIpc) is 2.69. The van der Waals surface area contributed by atoms with Gasteiger partial charge in [0, 0.05) is 17.8 Å². The average molecular weight is 204 g/mol. The van der Waals surface area contributed by atoms with Crippen LogP contribution in [-0.4, -0.2) is 15.1 Å². The van der Waals surface area contributed by atoms with Crippen LogP contribution in [0.2, 0.25) is 0 Å². The molecule has 0 amide bonds. The van der Waals surface area contributed by atoms with Gasteiger partial charge in [-0.1, -0.05) is 0 Å². The van der Waals surface area contributed by atoms with Crippen LogP contribution in [0.1, 0.15) is 0 Å². The van der Waals surface area contributed by atoms with Crippen molar-refractivity contribution in [2.45, 2.75) is 0 Å². The molecule has 0 spiro atoms. The standard InChI is InChI=1S/C9H8N4O2/c10-7-5-6(8-3-4-11-12-8)1-2-9(7)13(14)15/h1-5H,10H2,(H,11,12). The van der Waals surface area contributed by atoms with E-state index in [2.05, 4.69) is 10.2 Å². The lowest BCUT2D eigenvalue weighted by Gasteiger charge is -2.00. The van der Waals surface area contributed by atoms with E-state index < -0.39 is 4.92 Å². The van der Waals surface area contributed by atoms with Crippen LogP contribution >= 0.6 is 0 Å². The van der Waals surface area contributed by atoms with Crippen molar-refractivity contribution in [1.29, 1.82) is 0 Å². The van der Waals surface area contributed by atoms with Crippen molar-refractivity contribution in [2.75, 3.05) is 5.73 Å². The number of nitrogens with zero attached hydrogens (tertiary/aromatic N) is 2. The molecule has 0 fully saturated rings. The molecular weight excluding hydrogens is 196 g/mol. The van der Waals surface area contributed by atoms with Crippen molar-refractivity contribution in [3.8, 4) is 11.3 Å². The van der Waals surface area contributed by atoms with Crippen LogP contribution < -0.4 is 5.73 Å². The second kappa shape index (κ2) is 3.41. The molecule has 0 aliphatic heterocycles. The Hall–Kier alpha value is -2.37. The van der Waals surface area contributed by atoms with Gasteiger partial charge in [-0.15, -0.1) is 0 Å². The van der Waals surface area contributed by atoms with Crippen LogP contribution in [0.15, 0.2) is 30.5 Å². The molecule has 2 rings (SSSR count). The number of nitrogens with one attached hydrogen (secondary N) is 1. The number of hydrogen-bond donors (Lipinski definition) is 2. The fraction of sp³-hybridized carbons (Fsp3) is 0. The molecule has 6 nitrogen and oxygen atoms in total. The molecule has 76 valence electrons. The lowest BCUT2D eigenvalue weighted by molar-refractivity contribution is -0.383. The van der Waals surface area contributed by atoms with E-state index >= 15 is 0 Å². The number of anilines is 1. The summed E-state index contributed by atoms with van der Waals surface area (Å²) in [5, 5.41) is 17.1. The van der Waals surface area contributed by atoms with Gasteiger partial charge in [0.1, 0.15) is 5.69 Å². The smallest absolute Gasteiger partial charge is 0.292 e. The van der Waals surface area contributed by atoms with Crippen molar-refractivity contribution in [1.82, 2.24) is 10.2 Å². The summed E-state index contributed by atoms with van der Waals surface area (Å²) in [6.07, 6.45) is 1.60. The van der Waals surface area contributed by atoms with Crippen molar-refractivity contribution in [3.63, 3.8) is 0 Å². The first-order chi connectivity index (χ1) is 7.18. The molecule has 0 aliphatic rings. The number of hydrogen-bond acceptors (Lipinski definition) is 4. The van der Waals surface area contributed by atoms with Crippen LogP contribution in [0.25, 0.3) is 11.3 Å². The van der Waals surface area contributed by atoms with Crippen LogP contribution in [0, 0.1) is 10.1 Å². The number of nitro groups is 1. The molecule has 6 heteroatoms. The second-order valence-corrected chi connectivity index (χ2v) is 3.00. The van der Waals surface area contributed by atoms with E-state index in [-0.39, 0.29) is 11.4 Å². The van der Waals surface area contributed by atoms with Crippen molar-refractivity contribution in [2.24, 2.45) is 0 Å². The molecule has 0 bridgehead atoms. The topological polar surface area (TPSA) is 97.8 Å². The highest BCUT2D eigenvalue weighted by Gasteiger charge is 2.11. The van der Waals surface area contributed by atoms with E-state index in [9.17, 15) is 10.1 Å². The number of nitro benzene ring substituents is 1. The third kappa shape index (κ3) is 1.64. The fourth-order valence-electron chi connectivity index (χ4n) is 1.30. The van der Waals surface area contributed by atoms with Crippen molar-refractivity contribution < 1.29 is 4.92 Å². The highest BCUT2D eigenvalue weighted by molar-refractivity contribution is 5.70. The summed E-state index contributed by atoms with van der Waals surface area (Å²) in [5.74, 6) is 0. The summed E-state index contributed by atoms with van der Waals surface area (Å²) in [4.78, 5) is 10.0. The molecule has 0 radical (unpaired) electrons. The molecule has 0 aliphatic carbocycles. The zero-order chi connectivity index (χ0) is 10.8.